The van der Waals surface area contributed by atoms with Crippen molar-refractivity contribution in [1.82, 2.24) is 18.7 Å². The zero-order chi connectivity index (χ0) is 25.1. The number of nitrogens with two attached hydrogens (primary N) is 1. The van der Waals surface area contributed by atoms with Crippen LogP contribution in [0.15, 0.2) is 81.2 Å². The van der Waals surface area contributed by atoms with E-state index in [9.17, 15) is 19.2 Å². The molecule has 0 aliphatic carbocycles. The van der Waals surface area contributed by atoms with Gasteiger partial charge in [-0.25, -0.2) is 14.2 Å². The summed E-state index contributed by atoms with van der Waals surface area (Å²) in [6.45, 7) is 2.04. The molecule has 0 bridgehead atoms. The standard InChI is InChI=1S/C24H21ClN6O4/c1-2-29-23(34)28-22(31(24(29)35)13-15-3-6-17(25)7-4-15)27-18-8-10-19(11-9-18)30-14-16(21(26)33)5-12-20(30)32/h3-12,14H,2,13H2,1H3,(H2,26,33)(H,27,28,34). The van der Waals surface area contributed by atoms with Gasteiger partial charge in [0.2, 0.25) is 11.9 Å². The molecule has 2 heterocycles. The molecule has 0 aliphatic rings. The Hall–Kier alpha value is -4.44. The molecule has 4 aromatic rings. The lowest BCUT2D eigenvalue weighted by Gasteiger charge is -2.15. The Balaban J connectivity index is 1.70. The van der Waals surface area contributed by atoms with Crippen molar-refractivity contribution in [3.8, 4) is 5.69 Å². The number of benzene rings is 2. The lowest BCUT2D eigenvalue weighted by molar-refractivity contribution is 0.0999. The van der Waals surface area contributed by atoms with Crippen molar-refractivity contribution in [3.63, 3.8) is 0 Å². The molecule has 1 amide bonds. The number of pyridine rings is 1. The number of anilines is 2. The molecule has 0 spiro atoms. The number of hydrogen-bond donors (Lipinski definition) is 2. The number of hydrogen-bond acceptors (Lipinski definition) is 6. The van der Waals surface area contributed by atoms with Crippen molar-refractivity contribution < 1.29 is 4.79 Å². The molecule has 0 saturated carbocycles. The molecule has 35 heavy (non-hydrogen) atoms. The molecular formula is C24H21ClN6O4. The topological polar surface area (TPSA) is 134 Å². The van der Waals surface area contributed by atoms with Crippen molar-refractivity contribution >= 4 is 29.1 Å². The predicted octanol–water partition coefficient (Wildman–Crippen LogP) is 2.12. The fourth-order valence-electron chi connectivity index (χ4n) is 3.48. The van der Waals surface area contributed by atoms with E-state index in [0.717, 1.165) is 10.1 Å². The van der Waals surface area contributed by atoms with Crippen LogP contribution in [0.25, 0.3) is 5.69 Å². The Labute approximate surface area is 203 Å². The Bertz CT molecular complexity index is 1570. The summed E-state index contributed by atoms with van der Waals surface area (Å²) >= 11 is 5.96. The van der Waals surface area contributed by atoms with Crippen LogP contribution in [-0.4, -0.2) is 24.6 Å². The zero-order valence-corrected chi connectivity index (χ0v) is 19.4. The van der Waals surface area contributed by atoms with Gasteiger partial charge in [0.15, 0.2) is 0 Å². The summed E-state index contributed by atoms with van der Waals surface area (Å²) in [4.78, 5) is 53.2. The van der Waals surface area contributed by atoms with E-state index in [2.05, 4.69) is 10.3 Å². The van der Waals surface area contributed by atoms with Gasteiger partial charge in [-0.15, -0.1) is 0 Å². The van der Waals surface area contributed by atoms with Crippen molar-refractivity contribution in [2.75, 3.05) is 5.32 Å². The minimum atomic E-state index is -0.668. The van der Waals surface area contributed by atoms with Crippen LogP contribution in [0.1, 0.15) is 22.8 Å². The van der Waals surface area contributed by atoms with Crippen LogP contribution in [0.2, 0.25) is 5.02 Å². The molecule has 4 rings (SSSR count). The molecule has 10 nitrogen and oxygen atoms in total. The van der Waals surface area contributed by atoms with Crippen LogP contribution in [0.5, 0.6) is 0 Å². The van der Waals surface area contributed by atoms with Gasteiger partial charge >= 0.3 is 11.4 Å². The van der Waals surface area contributed by atoms with Gasteiger partial charge in [-0.1, -0.05) is 23.7 Å². The molecule has 11 heteroatoms. The maximum absolute atomic E-state index is 13.0. The fraction of sp³-hybridized carbons (Fsp3) is 0.125. The van der Waals surface area contributed by atoms with Gasteiger partial charge in [0.25, 0.3) is 5.56 Å². The van der Waals surface area contributed by atoms with Crippen LogP contribution in [0.4, 0.5) is 11.6 Å². The number of primary amides is 1. The van der Waals surface area contributed by atoms with Crippen molar-refractivity contribution in [2.45, 2.75) is 20.0 Å². The third kappa shape index (κ3) is 5.07. The van der Waals surface area contributed by atoms with Gasteiger partial charge in [-0.05, 0) is 55.0 Å². The zero-order valence-electron chi connectivity index (χ0n) is 18.6. The Morgan fingerprint density at radius 3 is 2.29 bits per heavy atom. The van der Waals surface area contributed by atoms with E-state index in [4.69, 9.17) is 17.3 Å². The summed E-state index contributed by atoms with van der Waals surface area (Å²) in [6, 6.07) is 16.2. The average Bonchev–Trinajstić information content (AvgIpc) is 2.84. The lowest BCUT2D eigenvalue weighted by atomic mass is 10.2. The van der Waals surface area contributed by atoms with Crippen LogP contribution < -0.4 is 28.0 Å². The predicted molar refractivity (Wildman–Crippen MR) is 133 cm³/mol. The summed E-state index contributed by atoms with van der Waals surface area (Å²) in [5.41, 5.74) is 5.82. The number of carbonyl (C=O) groups excluding carboxylic acids is 1. The van der Waals surface area contributed by atoms with Crippen LogP contribution >= 0.6 is 11.6 Å². The van der Waals surface area contributed by atoms with Crippen molar-refractivity contribution in [3.05, 3.63) is 114 Å². The van der Waals surface area contributed by atoms with Crippen LogP contribution in [0.3, 0.4) is 0 Å². The summed E-state index contributed by atoms with van der Waals surface area (Å²) < 4.78 is 3.70. The first kappa shape index (κ1) is 23.7. The summed E-state index contributed by atoms with van der Waals surface area (Å²) in [6.07, 6.45) is 1.36. The van der Waals surface area contributed by atoms with Crippen LogP contribution in [-0.2, 0) is 13.1 Å². The van der Waals surface area contributed by atoms with Crippen molar-refractivity contribution in [1.29, 1.82) is 0 Å². The molecular weight excluding hydrogens is 472 g/mol. The molecule has 2 aromatic heterocycles. The monoisotopic (exact) mass is 492 g/mol. The Morgan fingerprint density at radius 2 is 1.66 bits per heavy atom. The number of amides is 1. The molecule has 2 aromatic carbocycles. The molecule has 0 unspecified atom stereocenters. The molecule has 0 aliphatic heterocycles. The summed E-state index contributed by atoms with van der Waals surface area (Å²) in [5, 5.41) is 3.58. The SMILES string of the molecule is CCn1c(=O)nc(Nc2ccc(-n3cc(C(N)=O)ccc3=O)cc2)n(Cc2ccc(Cl)cc2)c1=O. The molecule has 178 valence electrons. The van der Waals surface area contributed by atoms with Gasteiger partial charge in [-0.3, -0.25) is 18.7 Å². The van der Waals surface area contributed by atoms with Gasteiger partial charge in [-0.2, -0.15) is 4.98 Å². The number of halogens is 1. The van der Waals surface area contributed by atoms with E-state index in [1.807, 2.05) is 0 Å². The van der Waals surface area contributed by atoms with Crippen molar-refractivity contribution in [2.24, 2.45) is 5.73 Å². The Morgan fingerprint density at radius 1 is 0.971 bits per heavy atom. The highest BCUT2D eigenvalue weighted by molar-refractivity contribution is 6.30. The van der Waals surface area contributed by atoms with Crippen LogP contribution in [0, 0.1) is 0 Å². The third-order valence-electron chi connectivity index (χ3n) is 5.32. The summed E-state index contributed by atoms with van der Waals surface area (Å²) in [5.74, 6) is -0.580. The number of aromatic nitrogens is 4. The number of rotatable bonds is 7. The van der Waals surface area contributed by atoms with Gasteiger partial charge in [0, 0.05) is 35.2 Å². The van der Waals surface area contributed by atoms with E-state index in [-0.39, 0.29) is 30.2 Å². The second kappa shape index (κ2) is 9.82. The maximum atomic E-state index is 13.0. The van der Waals surface area contributed by atoms with Gasteiger partial charge in [0.05, 0.1) is 12.1 Å². The largest absolute Gasteiger partial charge is 0.366 e. The first-order valence-corrected chi connectivity index (χ1v) is 11.0. The summed E-state index contributed by atoms with van der Waals surface area (Å²) in [7, 11) is 0. The van der Waals surface area contributed by atoms with E-state index in [1.54, 1.807) is 55.5 Å². The highest BCUT2D eigenvalue weighted by Crippen LogP contribution is 2.17. The number of carbonyl (C=O) groups is 1. The fourth-order valence-corrected chi connectivity index (χ4v) is 3.61. The first-order chi connectivity index (χ1) is 16.8. The number of nitrogens with zero attached hydrogens (tertiary/aromatic N) is 4. The molecule has 0 fully saturated rings. The Kier molecular flexibility index (Phi) is 6.65. The molecule has 0 saturated heterocycles. The highest BCUT2D eigenvalue weighted by atomic mass is 35.5. The molecule has 3 N–H and O–H groups in total. The lowest BCUT2D eigenvalue weighted by Crippen LogP contribution is -2.42. The molecule has 0 atom stereocenters. The third-order valence-corrected chi connectivity index (χ3v) is 5.57. The molecule has 0 radical (unpaired) electrons. The van der Waals surface area contributed by atoms with Gasteiger partial charge < -0.3 is 11.1 Å². The normalized spacial score (nSPS) is 10.8. The quantitative estimate of drug-likeness (QED) is 0.406. The van der Waals surface area contributed by atoms with E-state index >= 15 is 0 Å². The second-order valence-corrected chi connectivity index (χ2v) is 8.06. The minimum Gasteiger partial charge on any atom is -0.366 e. The average molecular weight is 493 g/mol. The minimum absolute atomic E-state index is 0.0697. The van der Waals surface area contributed by atoms with E-state index in [1.165, 1.54) is 27.5 Å². The smallest absolute Gasteiger partial charge is 0.354 e. The first-order valence-electron chi connectivity index (χ1n) is 10.6. The highest BCUT2D eigenvalue weighted by Gasteiger charge is 2.14. The second-order valence-electron chi connectivity index (χ2n) is 7.62. The van der Waals surface area contributed by atoms with E-state index in [0.29, 0.717) is 16.4 Å². The maximum Gasteiger partial charge on any atom is 0.354 e. The van der Waals surface area contributed by atoms with E-state index < -0.39 is 17.3 Å². The number of nitrogens with one attached hydrogen (secondary N) is 1. The van der Waals surface area contributed by atoms with Gasteiger partial charge in [0.1, 0.15) is 0 Å².